The quantitative estimate of drug-likeness (QED) is 0.540. The molecule has 172 valence electrons. The molecular formula is C28H26FN3O2. The third kappa shape index (κ3) is 4.19. The van der Waals surface area contributed by atoms with Gasteiger partial charge in [0.1, 0.15) is 11.5 Å². The molecule has 0 atom stereocenters. The van der Waals surface area contributed by atoms with Crippen molar-refractivity contribution in [2.75, 3.05) is 31.1 Å². The van der Waals surface area contributed by atoms with Crippen molar-refractivity contribution in [2.24, 2.45) is 0 Å². The predicted molar refractivity (Wildman–Crippen MR) is 130 cm³/mol. The Balaban J connectivity index is 1.45. The molecule has 2 heterocycles. The molecule has 3 aromatic carbocycles. The molecule has 0 aliphatic carbocycles. The fraction of sp³-hybridized carbons (Fsp3) is 0.214. The predicted octanol–water partition coefficient (Wildman–Crippen LogP) is 4.24. The van der Waals surface area contributed by atoms with Gasteiger partial charge in [-0.15, -0.1) is 0 Å². The molecule has 6 heteroatoms. The second-order valence-corrected chi connectivity index (χ2v) is 8.72. The third-order valence-corrected chi connectivity index (χ3v) is 6.45. The van der Waals surface area contributed by atoms with E-state index in [0.29, 0.717) is 29.9 Å². The number of piperazine rings is 1. The van der Waals surface area contributed by atoms with Crippen molar-refractivity contribution >= 4 is 23.1 Å². The van der Waals surface area contributed by atoms with E-state index >= 15 is 0 Å². The van der Waals surface area contributed by atoms with Gasteiger partial charge in [-0.3, -0.25) is 14.5 Å². The number of carbonyl (C=O) groups excluding carboxylic acids is 2. The fourth-order valence-electron chi connectivity index (χ4n) is 4.58. The van der Waals surface area contributed by atoms with Crippen molar-refractivity contribution in [1.82, 2.24) is 9.80 Å². The summed E-state index contributed by atoms with van der Waals surface area (Å²) in [4.78, 5) is 32.8. The minimum Gasteiger partial charge on any atom is -0.368 e. The average Bonchev–Trinajstić information content (AvgIpc) is 3.11. The summed E-state index contributed by atoms with van der Waals surface area (Å²) in [5.74, 6) is -0.949. The van der Waals surface area contributed by atoms with Gasteiger partial charge in [0.2, 0.25) is 0 Å². The first-order valence-electron chi connectivity index (χ1n) is 11.5. The van der Waals surface area contributed by atoms with Crippen LogP contribution in [0.25, 0.3) is 5.57 Å². The van der Waals surface area contributed by atoms with Gasteiger partial charge in [-0.05, 0) is 42.3 Å². The van der Waals surface area contributed by atoms with Crippen LogP contribution in [0.5, 0.6) is 0 Å². The van der Waals surface area contributed by atoms with Gasteiger partial charge < -0.3 is 9.80 Å². The number of imide groups is 1. The summed E-state index contributed by atoms with van der Waals surface area (Å²) in [6.07, 6.45) is 0. The van der Waals surface area contributed by atoms with E-state index in [9.17, 15) is 14.0 Å². The van der Waals surface area contributed by atoms with Crippen LogP contribution in [0.2, 0.25) is 0 Å². The highest BCUT2D eigenvalue weighted by Crippen LogP contribution is 2.33. The number of hydrogen-bond donors (Lipinski definition) is 0. The lowest BCUT2D eigenvalue weighted by Gasteiger charge is -2.37. The standard InChI is InChI=1S/C28H26FN3O2/c1-20-7-11-22(12-8-20)25-26(31-17-15-30(16-18-31)24-5-3-2-4-6-24)28(34)32(27(25)33)19-21-9-13-23(29)14-10-21/h2-14H,15-19H2,1H3. The Bertz CT molecular complexity index is 1230. The Morgan fingerprint density at radius 1 is 0.735 bits per heavy atom. The molecule has 2 amide bonds. The summed E-state index contributed by atoms with van der Waals surface area (Å²) >= 11 is 0. The first-order chi connectivity index (χ1) is 16.5. The summed E-state index contributed by atoms with van der Waals surface area (Å²) in [5.41, 5.74) is 4.60. The normalized spacial score (nSPS) is 16.6. The molecule has 0 bridgehead atoms. The van der Waals surface area contributed by atoms with Gasteiger partial charge in [0.05, 0.1) is 12.1 Å². The van der Waals surface area contributed by atoms with Crippen LogP contribution in [-0.4, -0.2) is 47.8 Å². The van der Waals surface area contributed by atoms with Gasteiger partial charge in [-0.2, -0.15) is 0 Å². The van der Waals surface area contributed by atoms with Gasteiger partial charge in [0.15, 0.2) is 0 Å². The third-order valence-electron chi connectivity index (χ3n) is 6.45. The first-order valence-corrected chi connectivity index (χ1v) is 11.5. The smallest absolute Gasteiger partial charge is 0.278 e. The van der Waals surface area contributed by atoms with Crippen LogP contribution >= 0.6 is 0 Å². The molecular weight excluding hydrogens is 429 g/mol. The SMILES string of the molecule is Cc1ccc(C2=C(N3CCN(c4ccccc4)CC3)C(=O)N(Cc3ccc(F)cc3)C2=O)cc1. The molecule has 0 saturated carbocycles. The van der Waals surface area contributed by atoms with Crippen molar-refractivity contribution in [3.05, 3.63) is 107 Å². The minimum absolute atomic E-state index is 0.112. The Hall–Kier alpha value is -3.93. The van der Waals surface area contributed by atoms with Crippen molar-refractivity contribution in [3.8, 4) is 0 Å². The number of carbonyl (C=O) groups is 2. The van der Waals surface area contributed by atoms with E-state index in [1.165, 1.54) is 17.0 Å². The van der Waals surface area contributed by atoms with Crippen LogP contribution in [0, 0.1) is 12.7 Å². The van der Waals surface area contributed by atoms with Crippen LogP contribution in [-0.2, 0) is 16.1 Å². The fourth-order valence-corrected chi connectivity index (χ4v) is 4.58. The number of aryl methyl sites for hydroxylation is 1. The molecule has 1 saturated heterocycles. The van der Waals surface area contributed by atoms with Crippen molar-refractivity contribution in [3.63, 3.8) is 0 Å². The molecule has 2 aliphatic heterocycles. The minimum atomic E-state index is -0.349. The van der Waals surface area contributed by atoms with Crippen LogP contribution in [0.3, 0.4) is 0 Å². The van der Waals surface area contributed by atoms with Crippen LogP contribution in [0.1, 0.15) is 16.7 Å². The second kappa shape index (κ2) is 9.14. The molecule has 3 aromatic rings. The number of benzene rings is 3. The summed E-state index contributed by atoms with van der Waals surface area (Å²) in [5, 5.41) is 0. The highest BCUT2D eigenvalue weighted by Gasteiger charge is 2.42. The zero-order valence-corrected chi connectivity index (χ0v) is 19.1. The Labute approximate surface area is 198 Å². The number of hydrogen-bond acceptors (Lipinski definition) is 4. The van der Waals surface area contributed by atoms with Gasteiger partial charge in [-0.25, -0.2) is 4.39 Å². The maximum absolute atomic E-state index is 13.6. The summed E-state index contributed by atoms with van der Waals surface area (Å²) in [6, 6.07) is 23.8. The number of nitrogens with zero attached hydrogens (tertiary/aromatic N) is 3. The molecule has 34 heavy (non-hydrogen) atoms. The van der Waals surface area contributed by atoms with E-state index in [-0.39, 0.29) is 24.2 Å². The number of halogens is 1. The van der Waals surface area contributed by atoms with E-state index in [4.69, 9.17) is 0 Å². The monoisotopic (exact) mass is 455 g/mol. The van der Waals surface area contributed by atoms with Crippen molar-refractivity contribution < 1.29 is 14.0 Å². The molecule has 0 unspecified atom stereocenters. The Kier molecular flexibility index (Phi) is 5.88. The molecule has 5 nitrogen and oxygen atoms in total. The molecule has 2 aliphatic rings. The number of para-hydroxylation sites is 1. The molecule has 0 radical (unpaired) electrons. The first kappa shape index (κ1) is 21.9. The molecule has 0 spiro atoms. The molecule has 1 fully saturated rings. The van der Waals surface area contributed by atoms with E-state index < -0.39 is 0 Å². The Morgan fingerprint density at radius 3 is 2.00 bits per heavy atom. The Morgan fingerprint density at radius 2 is 1.35 bits per heavy atom. The van der Waals surface area contributed by atoms with E-state index in [1.54, 1.807) is 12.1 Å². The maximum atomic E-state index is 13.6. The lowest BCUT2D eigenvalue weighted by atomic mass is 10.0. The van der Waals surface area contributed by atoms with Gasteiger partial charge in [0, 0.05) is 31.9 Å². The van der Waals surface area contributed by atoms with Crippen LogP contribution < -0.4 is 4.90 Å². The van der Waals surface area contributed by atoms with E-state index in [0.717, 1.165) is 29.9 Å². The zero-order valence-electron chi connectivity index (χ0n) is 19.1. The maximum Gasteiger partial charge on any atom is 0.278 e. The lowest BCUT2D eigenvalue weighted by Crippen LogP contribution is -2.47. The lowest BCUT2D eigenvalue weighted by molar-refractivity contribution is -0.138. The summed E-state index contributed by atoms with van der Waals surface area (Å²) in [6.45, 7) is 4.90. The van der Waals surface area contributed by atoms with E-state index in [1.807, 2.05) is 54.3 Å². The number of amides is 2. The van der Waals surface area contributed by atoms with Gasteiger partial charge >= 0.3 is 0 Å². The number of anilines is 1. The molecule has 5 rings (SSSR count). The molecule has 0 N–H and O–H groups in total. The van der Waals surface area contributed by atoms with Crippen molar-refractivity contribution in [1.29, 1.82) is 0 Å². The van der Waals surface area contributed by atoms with Crippen LogP contribution in [0.4, 0.5) is 10.1 Å². The van der Waals surface area contributed by atoms with Gasteiger partial charge in [0.25, 0.3) is 11.8 Å². The molecule has 0 aromatic heterocycles. The van der Waals surface area contributed by atoms with Gasteiger partial charge in [-0.1, -0.05) is 60.2 Å². The van der Waals surface area contributed by atoms with E-state index in [2.05, 4.69) is 17.0 Å². The zero-order chi connectivity index (χ0) is 23.7. The van der Waals surface area contributed by atoms with Crippen molar-refractivity contribution in [2.45, 2.75) is 13.5 Å². The summed E-state index contributed by atoms with van der Waals surface area (Å²) < 4.78 is 13.4. The highest BCUT2D eigenvalue weighted by molar-refractivity contribution is 6.35. The number of rotatable bonds is 5. The largest absolute Gasteiger partial charge is 0.368 e. The summed E-state index contributed by atoms with van der Waals surface area (Å²) in [7, 11) is 0. The second-order valence-electron chi connectivity index (χ2n) is 8.72. The highest BCUT2D eigenvalue weighted by atomic mass is 19.1. The van der Waals surface area contributed by atoms with Crippen LogP contribution in [0.15, 0.2) is 84.6 Å². The average molecular weight is 456 g/mol. The topological polar surface area (TPSA) is 43.9 Å².